The fraction of sp³-hybridized carbons (Fsp3) is 0.308. The van der Waals surface area contributed by atoms with Crippen LogP contribution in [0.1, 0.15) is 30.6 Å². The highest BCUT2D eigenvalue weighted by molar-refractivity contribution is 6.34. The molecule has 0 spiro atoms. The third-order valence-electron chi connectivity index (χ3n) is 2.54. The molecule has 0 bridgehead atoms. The van der Waals surface area contributed by atoms with Crippen LogP contribution in [0.4, 0.5) is 5.69 Å². The van der Waals surface area contributed by atoms with Gasteiger partial charge in [0.1, 0.15) is 6.04 Å². The van der Waals surface area contributed by atoms with Crippen LogP contribution in [0.2, 0.25) is 5.02 Å². The molecule has 3 N–H and O–H groups in total. The van der Waals surface area contributed by atoms with E-state index in [4.69, 9.17) is 16.7 Å². The largest absolute Gasteiger partial charge is 0.480 e. The number of carboxylic acid groups (broad SMARTS) is 1. The number of anilines is 1. The minimum atomic E-state index is -1.12. The van der Waals surface area contributed by atoms with Crippen LogP contribution in [0.3, 0.4) is 0 Å². The lowest BCUT2D eigenvalue weighted by atomic mass is 10.1. The van der Waals surface area contributed by atoms with Crippen LogP contribution >= 0.6 is 11.6 Å². The van der Waals surface area contributed by atoms with Crippen molar-refractivity contribution in [3.8, 4) is 0 Å². The van der Waals surface area contributed by atoms with E-state index in [1.165, 1.54) is 19.1 Å². The first-order valence-electron chi connectivity index (χ1n) is 5.96. The van der Waals surface area contributed by atoms with E-state index < -0.39 is 17.9 Å². The summed E-state index contributed by atoms with van der Waals surface area (Å²) in [5.74, 6) is -2.00. The van der Waals surface area contributed by atoms with Crippen molar-refractivity contribution in [3.63, 3.8) is 0 Å². The molecule has 0 fully saturated rings. The molecular formula is C13H15ClN2O4. The molecule has 1 unspecified atom stereocenters. The first-order chi connectivity index (χ1) is 9.35. The summed E-state index contributed by atoms with van der Waals surface area (Å²) in [5.41, 5.74) is 0.521. The second-order valence-corrected chi connectivity index (χ2v) is 4.56. The lowest BCUT2D eigenvalue weighted by molar-refractivity contribution is -0.139. The molecule has 0 aliphatic carbocycles. The second-order valence-electron chi connectivity index (χ2n) is 4.15. The van der Waals surface area contributed by atoms with Gasteiger partial charge in [-0.05, 0) is 24.6 Å². The number of aliphatic carboxylic acids is 1. The van der Waals surface area contributed by atoms with Crippen molar-refractivity contribution in [3.05, 3.63) is 28.8 Å². The predicted molar refractivity (Wildman–Crippen MR) is 74.9 cm³/mol. The summed E-state index contributed by atoms with van der Waals surface area (Å²) in [4.78, 5) is 33.9. The number of amides is 2. The molecule has 0 aliphatic heterocycles. The summed E-state index contributed by atoms with van der Waals surface area (Å²) in [6.07, 6.45) is 0.254. The third kappa shape index (κ3) is 4.24. The molecule has 1 rings (SSSR count). The molecule has 1 atom stereocenters. The fourth-order valence-corrected chi connectivity index (χ4v) is 1.76. The van der Waals surface area contributed by atoms with Gasteiger partial charge in [0.15, 0.2) is 0 Å². The smallest absolute Gasteiger partial charge is 0.326 e. The molecule has 2 amide bonds. The van der Waals surface area contributed by atoms with Crippen molar-refractivity contribution in [1.29, 1.82) is 0 Å². The molecule has 0 saturated heterocycles. The van der Waals surface area contributed by atoms with Crippen LogP contribution in [0, 0.1) is 0 Å². The summed E-state index contributed by atoms with van der Waals surface area (Å²) >= 11 is 5.91. The molecular weight excluding hydrogens is 284 g/mol. The lowest BCUT2D eigenvalue weighted by Crippen LogP contribution is -2.40. The van der Waals surface area contributed by atoms with E-state index in [-0.39, 0.29) is 22.9 Å². The molecule has 7 heteroatoms. The highest BCUT2D eigenvalue weighted by atomic mass is 35.5. The van der Waals surface area contributed by atoms with Crippen LogP contribution in [0.5, 0.6) is 0 Å². The van der Waals surface area contributed by atoms with Crippen LogP contribution in [0.15, 0.2) is 18.2 Å². The normalized spacial score (nSPS) is 11.6. The van der Waals surface area contributed by atoms with Crippen LogP contribution in [-0.2, 0) is 9.59 Å². The van der Waals surface area contributed by atoms with E-state index in [1.54, 1.807) is 13.0 Å². The van der Waals surface area contributed by atoms with Gasteiger partial charge < -0.3 is 15.7 Å². The van der Waals surface area contributed by atoms with E-state index in [9.17, 15) is 14.4 Å². The molecule has 0 saturated carbocycles. The number of carbonyl (C=O) groups is 3. The van der Waals surface area contributed by atoms with E-state index in [0.717, 1.165) is 0 Å². The maximum atomic E-state index is 12.0. The molecule has 108 valence electrons. The number of benzene rings is 1. The van der Waals surface area contributed by atoms with Crippen molar-refractivity contribution < 1.29 is 19.5 Å². The Bertz CT molecular complexity index is 545. The number of rotatable bonds is 5. The zero-order valence-corrected chi connectivity index (χ0v) is 11.8. The maximum absolute atomic E-state index is 12.0. The van der Waals surface area contributed by atoms with Crippen LogP contribution in [-0.4, -0.2) is 28.9 Å². The van der Waals surface area contributed by atoms with Crippen molar-refractivity contribution in [1.82, 2.24) is 5.32 Å². The van der Waals surface area contributed by atoms with E-state index in [0.29, 0.717) is 5.69 Å². The van der Waals surface area contributed by atoms with Gasteiger partial charge in [-0.15, -0.1) is 0 Å². The summed E-state index contributed by atoms with van der Waals surface area (Å²) in [6.45, 7) is 2.99. The number of halogens is 1. The van der Waals surface area contributed by atoms with Crippen molar-refractivity contribution in [2.75, 3.05) is 5.32 Å². The number of nitrogens with one attached hydrogen (secondary N) is 2. The Morgan fingerprint density at radius 3 is 2.50 bits per heavy atom. The van der Waals surface area contributed by atoms with Crippen molar-refractivity contribution in [2.45, 2.75) is 26.3 Å². The van der Waals surface area contributed by atoms with E-state index >= 15 is 0 Å². The quantitative estimate of drug-likeness (QED) is 0.773. The Morgan fingerprint density at radius 1 is 1.35 bits per heavy atom. The third-order valence-corrected chi connectivity index (χ3v) is 2.87. The first kappa shape index (κ1) is 16.0. The molecule has 1 aromatic rings. The Kier molecular flexibility index (Phi) is 5.52. The highest BCUT2D eigenvalue weighted by Gasteiger charge is 2.20. The SMILES string of the molecule is CCC(NC(=O)c1cc(NC(C)=O)ccc1Cl)C(=O)O. The number of carboxylic acids is 1. The Labute approximate surface area is 121 Å². The van der Waals surface area contributed by atoms with Gasteiger partial charge in [-0.3, -0.25) is 9.59 Å². The van der Waals surface area contributed by atoms with Gasteiger partial charge in [0.05, 0.1) is 10.6 Å². The minimum Gasteiger partial charge on any atom is -0.480 e. The first-order valence-corrected chi connectivity index (χ1v) is 6.33. The van der Waals surface area contributed by atoms with Gasteiger partial charge in [-0.1, -0.05) is 18.5 Å². The molecule has 20 heavy (non-hydrogen) atoms. The number of hydrogen-bond donors (Lipinski definition) is 3. The van der Waals surface area contributed by atoms with Crippen molar-refractivity contribution in [2.24, 2.45) is 0 Å². The van der Waals surface area contributed by atoms with Gasteiger partial charge in [-0.2, -0.15) is 0 Å². The van der Waals surface area contributed by atoms with Gasteiger partial charge in [0, 0.05) is 12.6 Å². The highest BCUT2D eigenvalue weighted by Crippen LogP contribution is 2.20. The molecule has 6 nitrogen and oxygen atoms in total. The van der Waals surface area contributed by atoms with Crippen molar-refractivity contribution >= 4 is 35.1 Å². The van der Waals surface area contributed by atoms with Crippen LogP contribution in [0.25, 0.3) is 0 Å². The second kappa shape index (κ2) is 6.91. The zero-order valence-electron chi connectivity index (χ0n) is 11.1. The molecule has 0 aliphatic rings. The van der Waals surface area contributed by atoms with Gasteiger partial charge in [0.2, 0.25) is 5.91 Å². The maximum Gasteiger partial charge on any atom is 0.326 e. The topological polar surface area (TPSA) is 95.5 Å². The molecule has 1 aromatic carbocycles. The van der Waals surface area contributed by atoms with Gasteiger partial charge in [0.25, 0.3) is 5.91 Å². The predicted octanol–water partition coefficient (Wildman–Crippen LogP) is 1.89. The summed E-state index contributed by atoms with van der Waals surface area (Å²) in [5, 5.41) is 14.0. The van der Waals surface area contributed by atoms with E-state index in [2.05, 4.69) is 10.6 Å². The average molecular weight is 299 g/mol. The van der Waals surface area contributed by atoms with E-state index in [1.807, 2.05) is 0 Å². The number of carbonyl (C=O) groups excluding carboxylic acids is 2. The number of hydrogen-bond acceptors (Lipinski definition) is 3. The van der Waals surface area contributed by atoms with Gasteiger partial charge in [-0.25, -0.2) is 4.79 Å². The summed E-state index contributed by atoms with van der Waals surface area (Å²) in [7, 11) is 0. The Balaban J connectivity index is 2.96. The molecule has 0 radical (unpaired) electrons. The monoisotopic (exact) mass is 298 g/mol. The zero-order chi connectivity index (χ0) is 15.3. The molecule has 0 aromatic heterocycles. The standard InChI is InChI=1S/C13H15ClN2O4/c1-3-11(13(19)20)16-12(18)9-6-8(15-7(2)17)4-5-10(9)14/h4-6,11H,3H2,1-2H3,(H,15,17)(H,16,18)(H,19,20). The minimum absolute atomic E-state index is 0.109. The summed E-state index contributed by atoms with van der Waals surface area (Å²) < 4.78 is 0. The Hall–Kier alpha value is -2.08. The average Bonchev–Trinajstić information content (AvgIpc) is 2.36. The fourth-order valence-electron chi connectivity index (χ4n) is 1.55. The Morgan fingerprint density at radius 2 is 2.00 bits per heavy atom. The molecule has 0 heterocycles. The lowest BCUT2D eigenvalue weighted by Gasteiger charge is -2.13. The summed E-state index contributed by atoms with van der Waals surface area (Å²) in [6, 6.07) is 3.43. The van der Waals surface area contributed by atoms with Gasteiger partial charge >= 0.3 is 5.97 Å². The van der Waals surface area contributed by atoms with Crippen LogP contribution < -0.4 is 10.6 Å².